The minimum Gasteiger partial charge on any atom is -0.380 e. The Balaban J connectivity index is 1.48. The van der Waals surface area contributed by atoms with Gasteiger partial charge in [0.1, 0.15) is 11.9 Å². The van der Waals surface area contributed by atoms with Gasteiger partial charge in [-0.1, -0.05) is 11.6 Å². The van der Waals surface area contributed by atoms with Crippen molar-refractivity contribution in [2.24, 2.45) is 0 Å². The Kier molecular flexibility index (Phi) is 6.62. The van der Waals surface area contributed by atoms with Gasteiger partial charge in [-0.05, 0) is 36.4 Å². The zero-order chi connectivity index (χ0) is 24.4. The van der Waals surface area contributed by atoms with Gasteiger partial charge < -0.3 is 20.3 Å². The van der Waals surface area contributed by atoms with Gasteiger partial charge in [0.05, 0.1) is 17.5 Å². The second-order valence-electron chi connectivity index (χ2n) is 7.70. The maximum atomic E-state index is 14.7. The summed E-state index contributed by atoms with van der Waals surface area (Å²) in [4.78, 5) is 51.6. The molecule has 2 aliphatic rings. The maximum absolute atomic E-state index is 14.7. The van der Waals surface area contributed by atoms with E-state index in [9.17, 15) is 23.6 Å². The molecule has 2 aliphatic heterocycles. The molecular formula is C23H20ClFN4O5. The zero-order valence-corrected chi connectivity index (χ0v) is 18.7. The normalized spacial score (nSPS) is 19.6. The Morgan fingerprint density at radius 1 is 1.06 bits per heavy atom. The second-order valence-corrected chi connectivity index (χ2v) is 8.13. The molecule has 5 amide bonds. The largest absolute Gasteiger partial charge is 0.380 e. The lowest BCUT2D eigenvalue weighted by Gasteiger charge is -2.24. The molecule has 9 nitrogen and oxygen atoms in total. The first-order valence-corrected chi connectivity index (χ1v) is 10.7. The van der Waals surface area contributed by atoms with Crippen LogP contribution in [0.15, 0.2) is 54.6 Å². The minimum absolute atomic E-state index is 0.0415. The molecule has 0 bridgehead atoms. The number of likely N-dealkylation sites (tertiary alicyclic amines) is 1. The summed E-state index contributed by atoms with van der Waals surface area (Å²) in [6.07, 6.45) is 2.02. The van der Waals surface area contributed by atoms with Crippen LogP contribution in [0.25, 0.3) is 0 Å². The molecule has 0 radical (unpaired) electrons. The highest BCUT2D eigenvalue weighted by atomic mass is 35.5. The topological polar surface area (TPSA) is 108 Å². The molecule has 1 saturated heterocycles. The van der Waals surface area contributed by atoms with E-state index in [0.29, 0.717) is 10.7 Å². The number of hydrogen-bond acceptors (Lipinski definition) is 5. The highest BCUT2D eigenvalue weighted by molar-refractivity contribution is 6.30. The lowest BCUT2D eigenvalue weighted by atomic mass is 10.1. The van der Waals surface area contributed by atoms with Crippen LogP contribution in [0.3, 0.4) is 0 Å². The Hall–Kier alpha value is -3.76. The highest BCUT2D eigenvalue weighted by Crippen LogP contribution is 2.27. The van der Waals surface area contributed by atoms with Gasteiger partial charge in [-0.3, -0.25) is 14.4 Å². The van der Waals surface area contributed by atoms with E-state index in [2.05, 4.69) is 10.6 Å². The van der Waals surface area contributed by atoms with Gasteiger partial charge in [-0.25, -0.2) is 14.1 Å². The summed E-state index contributed by atoms with van der Waals surface area (Å²) in [5.41, 5.74) is 0.385. The molecule has 11 heteroatoms. The summed E-state index contributed by atoms with van der Waals surface area (Å²) < 4.78 is 20.0. The number of anilines is 3. The standard InChI is InChI=1S/C23H20ClFN4O5/c1-34-16-11-19(28(12-16)23(33)26-14-4-2-13(24)3-5-14)22(32)27-18-7-6-15(10-17(18)25)29-20(30)8-9-21(29)31/h2-10,16,19H,11-12H2,1H3,(H,26,33)(H,27,32). The van der Waals surface area contributed by atoms with Gasteiger partial charge in [-0.15, -0.1) is 0 Å². The molecule has 2 unspecified atom stereocenters. The molecule has 2 aromatic carbocycles. The second kappa shape index (κ2) is 9.62. The van der Waals surface area contributed by atoms with Crippen LogP contribution in [0.5, 0.6) is 0 Å². The first-order valence-electron chi connectivity index (χ1n) is 10.3. The first-order chi connectivity index (χ1) is 16.3. The molecule has 2 aromatic rings. The van der Waals surface area contributed by atoms with Crippen LogP contribution in [-0.2, 0) is 19.1 Å². The SMILES string of the molecule is COC1CC(C(=O)Nc2ccc(N3C(=O)C=CC3=O)cc2F)N(C(=O)Nc2ccc(Cl)cc2)C1. The quantitative estimate of drug-likeness (QED) is 0.631. The summed E-state index contributed by atoms with van der Waals surface area (Å²) >= 11 is 5.87. The van der Waals surface area contributed by atoms with Crippen molar-refractivity contribution in [1.82, 2.24) is 4.90 Å². The van der Waals surface area contributed by atoms with Crippen molar-refractivity contribution < 1.29 is 28.3 Å². The monoisotopic (exact) mass is 486 g/mol. The molecule has 0 spiro atoms. The summed E-state index contributed by atoms with van der Waals surface area (Å²) in [6, 6.07) is 8.64. The van der Waals surface area contributed by atoms with Crippen LogP contribution >= 0.6 is 11.6 Å². The van der Waals surface area contributed by atoms with E-state index in [0.717, 1.165) is 23.1 Å². The van der Waals surface area contributed by atoms with E-state index in [1.54, 1.807) is 24.3 Å². The molecule has 0 saturated carbocycles. The van der Waals surface area contributed by atoms with Crippen molar-refractivity contribution in [2.45, 2.75) is 18.6 Å². The number of halogens is 2. The van der Waals surface area contributed by atoms with Crippen LogP contribution in [0, 0.1) is 5.82 Å². The number of nitrogens with one attached hydrogen (secondary N) is 2. The number of methoxy groups -OCH3 is 1. The average molecular weight is 487 g/mol. The third-order valence-corrected chi connectivity index (χ3v) is 5.79. The van der Waals surface area contributed by atoms with Crippen molar-refractivity contribution >= 4 is 52.4 Å². The third-order valence-electron chi connectivity index (χ3n) is 5.53. The van der Waals surface area contributed by atoms with Crippen molar-refractivity contribution in [3.8, 4) is 0 Å². The summed E-state index contributed by atoms with van der Waals surface area (Å²) in [6.45, 7) is 0.168. The minimum atomic E-state index is -0.915. The molecule has 1 fully saturated rings. The van der Waals surface area contributed by atoms with Crippen LogP contribution in [0.1, 0.15) is 6.42 Å². The van der Waals surface area contributed by atoms with Crippen LogP contribution in [-0.4, -0.2) is 54.5 Å². The number of benzene rings is 2. The number of urea groups is 1. The fraction of sp³-hybridized carbons (Fsp3) is 0.217. The number of hydrogen-bond donors (Lipinski definition) is 2. The van der Waals surface area contributed by atoms with Gasteiger partial charge in [0.15, 0.2) is 0 Å². The number of amides is 5. The number of carbonyl (C=O) groups excluding carboxylic acids is 4. The van der Waals surface area contributed by atoms with Crippen LogP contribution in [0.4, 0.5) is 26.2 Å². The van der Waals surface area contributed by atoms with Crippen LogP contribution in [0.2, 0.25) is 5.02 Å². The molecule has 2 heterocycles. The van der Waals surface area contributed by atoms with E-state index in [-0.39, 0.29) is 30.4 Å². The molecule has 2 N–H and O–H groups in total. The summed E-state index contributed by atoms with van der Waals surface area (Å²) in [5.74, 6) is -2.61. The molecule has 2 atom stereocenters. The Morgan fingerprint density at radius 3 is 2.35 bits per heavy atom. The number of rotatable bonds is 5. The van der Waals surface area contributed by atoms with E-state index in [1.165, 1.54) is 24.1 Å². The molecule has 0 aliphatic carbocycles. The smallest absolute Gasteiger partial charge is 0.322 e. The fourth-order valence-electron chi connectivity index (χ4n) is 3.78. The molecule has 34 heavy (non-hydrogen) atoms. The number of ether oxygens (including phenoxy) is 1. The van der Waals surface area contributed by atoms with Gasteiger partial charge in [0, 0.05) is 49.0 Å². The van der Waals surface area contributed by atoms with Gasteiger partial charge >= 0.3 is 6.03 Å². The van der Waals surface area contributed by atoms with Gasteiger partial charge in [0.2, 0.25) is 5.91 Å². The maximum Gasteiger partial charge on any atom is 0.322 e. The fourth-order valence-corrected chi connectivity index (χ4v) is 3.91. The summed E-state index contributed by atoms with van der Waals surface area (Å²) in [7, 11) is 1.48. The van der Waals surface area contributed by atoms with Crippen LogP contribution < -0.4 is 15.5 Å². The molecular weight excluding hydrogens is 467 g/mol. The van der Waals surface area contributed by atoms with Gasteiger partial charge in [-0.2, -0.15) is 0 Å². The van der Waals surface area contributed by atoms with E-state index in [1.807, 2.05) is 0 Å². The molecule has 4 rings (SSSR count). The Bertz CT molecular complexity index is 1170. The van der Waals surface area contributed by atoms with Crippen molar-refractivity contribution in [3.63, 3.8) is 0 Å². The molecule has 0 aromatic heterocycles. The Morgan fingerprint density at radius 2 is 1.74 bits per heavy atom. The lowest BCUT2D eigenvalue weighted by Crippen LogP contribution is -2.45. The predicted molar refractivity (Wildman–Crippen MR) is 123 cm³/mol. The van der Waals surface area contributed by atoms with E-state index in [4.69, 9.17) is 16.3 Å². The summed E-state index contributed by atoms with van der Waals surface area (Å²) in [5, 5.41) is 5.70. The number of imide groups is 1. The number of carbonyl (C=O) groups is 4. The van der Waals surface area contributed by atoms with Crippen molar-refractivity contribution in [2.75, 3.05) is 29.2 Å². The predicted octanol–water partition coefficient (Wildman–Crippen LogP) is 3.17. The average Bonchev–Trinajstić information content (AvgIpc) is 3.40. The number of nitrogens with zero attached hydrogens (tertiary/aromatic N) is 2. The lowest BCUT2D eigenvalue weighted by molar-refractivity contribution is -0.120. The van der Waals surface area contributed by atoms with Crippen molar-refractivity contribution in [3.05, 3.63) is 65.5 Å². The van der Waals surface area contributed by atoms with Gasteiger partial charge in [0.25, 0.3) is 11.8 Å². The first kappa shape index (κ1) is 23.4. The van der Waals surface area contributed by atoms with Crippen molar-refractivity contribution in [1.29, 1.82) is 0 Å². The van der Waals surface area contributed by atoms with E-state index >= 15 is 0 Å². The molecule has 176 valence electrons. The third kappa shape index (κ3) is 4.78. The highest BCUT2D eigenvalue weighted by Gasteiger charge is 2.40. The van der Waals surface area contributed by atoms with E-state index < -0.39 is 35.6 Å². The zero-order valence-electron chi connectivity index (χ0n) is 18.0. The Labute approximate surface area is 199 Å².